The molecule has 1 N–H and O–H groups in total. The van der Waals surface area contributed by atoms with Crippen LogP contribution in [-0.2, 0) is 6.54 Å². The fraction of sp³-hybridized carbons (Fsp3) is 0.143. The summed E-state index contributed by atoms with van der Waals surface area (Å²) in [5.74, 6) is 0. The summed E-state index contributed by atoms with van der Waals surface area (Å²) >= 11 is 10.9. The van der Waals surface area contributed by atoms with Crippen LogP contribution >= 0.6 is 23.2 Å². The van der Waals surface area contributed by atoms with Crippen LogP contribution in [0.5, 0.6) is 0 Å². The van der Waals surface area contributed by atoms with Crippen LogP contribution in [-0.4, -0.2) is 9.55 Å². The zero-order valence-corrected chi connectivity index (χ0v) is 7.97. The second kappa shape index (κ2) is 4.30. The van der Waals surface area contributed by atoms with Crippen LogP contribution in [0.25, 0.3) is 0 Å². The number of nitrogens with zero attached hydrogens (tertiary/aromatic N) is 1. The molecule has 0 fully saturated rings. The molecule has 70 valence electrons. The van der Waals surface area contributed by atoms with Crippen molar-refractivity contribution in [3.63, 3.8) is 0 Å². The van der Waals surface area contributed by atoms with Gasteiger partial charge in [0.1, 0.15) is 0 Å². The van der Waals surface area contributed by atoms with Gasteiger partial charge in [0.25, 0.3) is 5.56 Å². The van der Waals surface area contributed by atoms with Gasteiger partial charge in [-0.05, 0) is 0 Å². The summed E-state index contributed by atoms with van der Waals surface area (Å²) in [6, 6.07) is 1.24. The lowest BCUT2D eigenvalue weighted by atomic mass is 10.5. The summed E-state index contributed by atoms with van der Waals surface area (Å²) in [5, 5.41) is 0.316. The summed E-state index contributed by atoms with van der Waals surface area (Å²) in [4.78, 5) is 23.8. The topological polar surface area (TPSA) is 54.9 Å². The summed E-state index contributed by atoms with van der Waals surface area (Å²) in [6.45, 7) is 0.153. The summed E-state index contributed by atoms with van der Waals surface area (Å²) in [6.07, 6.45) is 1.35. The third kappa shape index (κ3) is 2.75. The van der Waals surface area contributed by atoms with Crippen LogP contribution in [0.2, 0.25) is 0 Å². The average Bonchev–Trinajstić information content (AvgIpc) is 2.09. The van der Waals surface area contributed by atoms with Gasteiger partial charge in [0.15, 0.2) is 0 Å². The number of nitrogens with one attached hydrogen (secondary N) is 1. The van der Waals surface area contributed by atoms with E-state index < -0.39 is 11.2 Å². The molecular weight excluding hydrogens is 215 g/mol. The smallest absolute Gasteiger partial charge is 0.295 e. The molecule has 0 spiro atoms. The number of halogens is 2. The number of hydrogen-bond donors (Lipinski definition) is 1. The predicted molar refractivity (Wildman–Crippen MR) is 51.1 cm³/mol. The van der Waals surface area contributed by atoms with E-state index in [1.807, 2.05) is 0 Å². The molecule has 4 nitrogen and oxygen atoms in total. The summed E-state index contributed by atoms with van der Waals surface area (Å²) in [5.41, 5.74) is 0.218. The maximum atomic E-state index is 11.1. The molecule has 0 unspecified atom stereocenters. The van der Waals surface area contributed by atoms with Crippen molar-refractivity contribution in [2.45, 2.75) is 6.54 Å². The van der Waals surface area contributed by atoms with E-state index >= 15 is 0 Å². The zero-order chi connectivity index (χ0) is 9.84. The molecule has 6 heteroatoms. The highest BCUT2D eigenvalue weighted by Gasteiger charge is 1.97. The second-order valence-electron chi connectivity index (χ2n) is 2.29. The Bertz CT molecular complexity index is 433. The van der Waals surface area contributed by atoms with Crippen molar-refractivity contribution in [2.75, 3.05) is 0 Å². The molecule has 0 aromatic carbocycles. The van der Waals surface area contributed by atoms with E-state index in [0.29, 0.717) is 5.03 Å². The van der Waals surface area contributed by atoms with Crippen molar-refractivity contribution in [3.05, 3.63) is 43.7 Å². The van der Waals surface area contributed by atoms with Crippen molar-refractivity contribution in [3.8, 4) is 0 Å². The van der Waals surface area contributed by atoms with Crippen molar-refractivity contribution >= 4 is 23.2 Å². The Hall–Kier alpha value is -1.00. The summed E-state index contributed by atoms with van der Waals surface area (Å²) < 4.78 is 1.24. The van der Waals surface area contributed by atoms with Gasteiger partial charge in [0.05, 0.1) is 6.54 Å². The first-order chi connectivity index (χ1) is 6.13. The lowest BCUT2D eigenvalue weighted by molar-refractivity contribution is 0.729. The van der Waals surface area contributed by atoms with Crippen LogP contribution < -0.4 is 11.2 Å². The zero-order valence-electron chi connectivity index (χ0n) is 6.46. The molecule has 0 aliphatic carbocycles. The largest absolute Gasteiger partial charge is 0.328 e. The van der Waals surface area contributed by atoms with E-state index in [9.17, 15) is 9.59 Å². The first-order valence-corrected chi connectivity index (χ1v) is 4.19. The molecule has 1 aromatic rings. The molecule has 1 heterocycles. The van der Waals surface area contributed by atoms with Gasteiger partial charge in [-0.3, -0.25) is 14.3 Å². The normalized spacial score (nSPS) is 11.7. The van der Waals surface area contributed by atoms with Crippen molar-refractivity contribution in [2.24, 2.45) is 0 Å². The van der Waals surface area contributed by atoms with Gasteiger partial charge in [-0.15, -0.1) is 0 Å². The fourth-order valence-corrected chi connectivity index (χ4v) is 0.964. The second-order valence-corrected chi connectivity index (χ2v) is 3.00. The number of H-pyrrole nitrogens is 1. The van der Waals surface area contributed by atoms with Crippen molar-refractivity contribution < 1.29 is 0 Å². The fourth-order valence-electron chi connectivity index (χ4n) is 0.766. The SMILES string of the molecule is O=c1ccn(CC(Cl)=CCl)c(=O)[nH]1. The first-order valence-electron chi connectivity index (χ1n) is 3.38. The van der Waals surface area contributed by atoms with Crippen LogP contribution in [0.15, 0.2) is 32.4 Å². The molecule has 13 heavy (non-hydrogen) atoms. The van der Waals surface area contributed by atoms with Gasteiger partial charge in [0.2, 0.25) is 0 Å². The van der Waals surface area contributed by atoms with E-state index in [-0.39, 0.29) is 6.54 Å². The van der Waals surface area contributed by atoms with Gasteiger partial charge < -0.3 is 0 Å². The minimum Gasteiger partial charge on any atom is -0.295 e. The Balaban J connectivity index is 3.04. The Kier molecular flexibility index (Phi) is 3.33. The lowest BCUT2D eigenvalue weighted by Gasteiger charge is -2.01. The minimum atomic E-state index is -0.510. The minimum absolute atomic E-state index is 0.153. The van der Waals surface area contributed by atoms with Gasteiger partial charge in [-0.1, -0.05) is 23.2 Å². The molecule has 0 radical (unpaired) electrons. The molecule has 1 aromatic heterocycles. The van der Waals surface area contributed by atoms with Crippen LogP contribution in [0.4, 0.5) is 0 Å². The number of allylic oxidation sites excluding steroid dienone is 1. The highest BCUT2D eigenvalue weighted by atomic mass is 35.5. The van der Waals surface area contributed by atoms with E-state index in [2.05, 4.69) is 4.98 Å². The first kappa shape index (κ1) is 10.1. The molecule has 0 amide bonds. The van der Waals surface area contributed by atoms with Gasteiger partial charge >= 0.3 is 5.69 Å². The lowest BCUT2D eigenvalue weighted by Crippen LogP contribution is -2.28. The third-order valence-corrected chi connectivity index (χ3v) is 1.94. The van der Waals surface area contributed by atoms with Crippen LogP contribution in [0.1, 0.15) is 0 Å². The standard InChI is InChI=1S/C7H6Cl2N2O2/c8-3-5(9)4-11-2-1-6(12)10-7(11)13/h1-3H,4H2,(H,10,12,13). The number of aromatic amines is 1. The highest BCUT2D eigenvalue weighted by Crippen LogP contribution is 2.04. The molecule has 0 saturated heterocycles. The number of rotatable bonds is 2. The van der Waals surface area contributed by atoms with E-state index in [0.717, 1.165) is 0 Å². The Morgan fingerprint density at radius 2 is 2.31 bits per heavy atom. The van der Waals surface area contributed by atoms with Gasteiger partial charge in [0, 0.05) is 22.8 Å². The molecule has 0 aliphatic heterocycles. The van der Waals surface area contributed by atoms with E-state index in [4.69, 9.17) is 23.2 Å². The van der Waals surface area contributed by atoms with Crippen LogP contribution in [0.3, 0.4) is 0 Å². The molecule has 0 aliphatic rings. The number of hydrogen-bond acceptors (Lipinski definition) is 2. The van der Waals surface area contributed by atoms with Crippen molar-refractivity contribution in [1.29, 1.82) is 0 Å². The van der Waals surface area contributed by atoms with E-state index in [1.165, 1.54) is 22.4 Å². The highest BCUT2D eigenvalue weighted by molar-refractivity contribution is 6.36. The maximum absolute atomic E-state index is 11.1. The quantitative estimate of drug-likeness (QED) is 0.804. The molecule has 0 atom stereocenters. The average molecular weight is 221 g/mol. The van der Waals surface area contributed by atoms with Gasteiger partial charge in [-0.2, -0.15) is 0 Å². The summed E-state index contributed by atoms with van der Waals surface area (Å²) in [7, 11) is 0. The molecule has 0 saturated carbocycles. The monoisotopic (exact) mass is 220 g/mol. The number of aromatic nitrogens is 2. The third-order valence-electron chi connectivity index (χ3n) is 1.34. The molecular formula is C7H6Cl2N2O2. The Morgan fingerprint density at radius 3 is 2.85 bits per heavy atom. The maximum Gasteiger partial charge on any atom is 0.328 e. The molecule has 0 bridgehead atoms. The van der Waals surface area contributed by atoms with E-state index in [1.54, 1.807) is 0 Å². The van der Waals surface area contributed by atoms with Gasteiger partial charge in [-0.25, -0.2) is 4.79 Å². The Morgan fingerprint density at radius 1 is 1.62 bits per heavy atom. The Labute approximate surface area is 83.4 Å². The predicted octanol–water partition coefficient (Wildman–Crippen LogP) is 0.856. The molecule has 1 rings (SSSR count). The van der Waals surface area contributed by atoms with Crippen LogP contribution in [0, 0.1) is 0 Å². The van der Waals surface area contributed by atoms with Crippen molar-refractivity contribution in [1.82, 2.24) is 9.55 Å².